The van der Waals surface area contributed by atoms with Gasteiger partial charge in [-0.15, -0.1) is 0 Å². The van der Waals surface area contributed by atoms with Gasteiger partial charge in [0, 0.05) is 30.6 Å². The van der Waals surface area contributed by atoms with Crippen LogP contribution in [-0.4, -0.2) is 48.3 Å². The Bertz CT molecular complexity index is 770. The van der Waals surface area contributed by atoms with Gasteiger partial charge in [-0.2, -0.15) is 0 Å². The molecule has 0 bridgehead atoms. The van der Waals surface area contributed by atoms with E-state index < -0.39 is 5.60 Å². The maximum Gasteiger partial charge on any atom is 0.410 e. The van der Waals surface area contributed by atoms with Gasteiger partial charge in [0.2, 0.25) is 5.88 Å². The Labute approximate surface area is 148 Å². The number of carbonyl (C=O) groups is 1. The quantitative estimate of drug-likeness (QED) is 0.908. The first-order chi connectivity index (χ1) is 11.9. The fourth-order valence-electron chi connectivity index (χ4n) is 2.98. The minimum atomic E-state index is -0.500. The van der Waals surface area contributed by atoms with E-state index in [0.29, 0.717) is 25.5 Å². The summed E-state index contributed by atoms with van der Waals surface area (Å²) in [4.78, 5) is 18.7. The number of aromatic nitrogens is 1. The van der Waals surface area contributed by atoms with E-state index in [1.54, 1.807) is 12.0 Å². The molecule has 1 unspecified atom stereocenters. The van der Waals surface area contributed by atoms with Crippen molar-refractivity contribution in [2.45, 2.75) is 32.4 Å². The van der Waals surface area contributed by atoms with E-state index in [-0.39, 0.29) is 12.1 Å². The number of ether oxygens (including phenoxy) is 2. The summed E-state index contributed by atoms with van der Waals surface area (Å²) in [5.74, 6) is 0.585. The second-order valence-corrected chi connectivity index (χ2v) is 7.21. The summed E-state index contributed by atoms with van der Waals surface area (Å²) in [5.41, 5.74) is 1.34. The molecular formula is C19H25N3O3. The molecule has 3 rings (SSSR count). The first-order valence-electron chi connectivity index (χ1n) is 8.52. The van der Waals surface area contributed by atoms with Crippen LogP contribution in [0.25, 0.3) is 10.9 Å². The summed E-state index contributed by atoms with van der Waals surface area (Å²) in [6.07, 6.45) is -0.285. The Morgan fingerprint density at radius 3 is 2.80 bits per heavy atom. The van der Waals surface area contributed by atoms with Crippen molar-refractivity contribution in [3.8, 4) is 5.88 Å². The van der Waals surface area contributed by atoms with Crippen molar-refractivity contribution >= 4 is 17.0 Å². The van der Waals surface area contributed by atoms with Crippen LogP contribution in [0, 0.1) is 0 Å². The topological polar surface area (TPSA) is 63.7 Å². The number of benzene rings is 1. The number of hydrogen-bond donors (Lipinski definition) is 1. The zero-order valence-corrected chi connectivity index (χ0v) is 15.2. The second-order valence-electron chi connectivity index (χ2n) is 7.21. The Hall–Kier alpha value is -2.34. The molecule has 1 N–H and O–H groups in total. The largest absolute Gasteiger partial charge is 0.481 e. The Kier molecular flexibility index (Phi) is 4.81. The van der Waals surface area contributed by atoms with Crippen LogP contribution in [0.1, 0.15) is 32.4 Å². The molecular weight excluding hydrogens is 318 g/mol. The van der Waals surface area contributed by atoms with Gasteiger partial charge in [0.25, 0.3) is 0 Å². The van der Waals surface area contributed by atoms with Gasteiger partial charge < -0.3 is 19.7 Å². The average molecular weight is 343 g/mol. The third kappa shape index (κ3) is 4.02. The highest BCUT2D eigenvalue weighted by atomic mass is 16.6. The number of hydrogen-bond acceptors (Lipinski definition) is 5. The molecule has 0 saturated carbocycles. The maximum atomic E-state index is 12.4. The molecule has 6 nitrogen and oxygen atoms in total. The highest BCUT2D eigenvalue weighted by Crippen LogP contribution is 2.29. The molecule has 1 aliphatic heterocycles. The molecule has 1 aromatic heterocycles. The van der Waals surface area contributed by atoms with Gasteiger partial charge in [-0.1, -0.05) is 18.2 Å². The smallest absolute Gasteiger partial charge is 0.410 e. The molecule has 1 aliphatic rings. The SMILES string of the molecule is COc1nc2ccccc2cc1C1CN(C(=O)OC(C)(C)C)CCN1. The summed E-state index contributed by atoms with van der Waals surface area (Å²) in [7, 11) is 1.62. The van der Waals surface area contributed by atoms with Crippen molar-refractivity contribution in [2.75, 3.05) is 26.7 Å². The number of methoxy groups -OCH3 is 1. The minimum Gasteiger partial charge on any atom is -0.481 e. The molecule has 2 heterocycles. The summed E-state index contributed by atoms with van der Waals surface area (Å²) in [5, 5.41) is 4.50. The fraction of sp³-hybridized carbons (Fsp3) is 0.474. The van der Waals surface area contributed by atoms with E-state index in [9.17, 15) is 4.79 Å². The van der Waals surface area contributed by atoms with Gasteiger partial charge in [0.15, 0.2) is 0 Å². The Balaban J connectivity index is 1.86. The third-order valence-corrected chi connectivity index (χ3v) is 4.11. The number of rotatable bonds is 2. The fourth-order valence-corrected chi connectivity index (χ4v) is 2.98. The van der Waals surface area contributed by atoms with E-state index in [0.717, 1.165) is 16.5 Å². The lowest BCUT2D eigenvalue weighted by molar-refractivity contribution is 0.0194. The van der Waals surface area contributed by atoms with Crippen LogP contribution in [0.15, 0.2) is 30.3 Å². The van der Waals surface area contributed by atoms with Crippen molar-refractivity contribution in [1.29, 1.82) is 0 Å². The third-order valence-electron chi connectivity index (χ3n) is 4.11. The predicted octanol–water partition coefficient (Wildman–Crippen LogP) is 3.12. The number of para-hydroxylation sites is 1. The zero-order chi connectivity index (χ0) is 18.0. The van der Waals surface area contributed by atoms with Crippen LogP contribution in [0.3, 0.4) is 0 Å². The van der Waals surface area contributed by atoms with Gasteiger partial charge in [-0.3, -0.25) is 0 Å². The molecule has 0 spiro atoms. The van der Waals surface area contributed by atoms with Crippen molar-refractivity contribution in [3.63, 3.8) is 0 Å². The molecule has 134 valence electrons. The number of pyridine rings is 1. The van der Waals surface area contributed by atoms with Gasteiger partial charge in [-0.05, 0) is 32.9 Å². The number of nitrogens with one attached hydrogen (secondary N) is 1. The predicted molar refractivity (Wildman–Crippen MR) is 96.8 cm³/mol. The van der Waals surface area contributed by atoms with Gasteiger partial charge >= 0.3 is 6.09 Å². The molecule has 1 fully saturated rings. The first kappa shape index (κ1) is 17.5. The summed E-state index contributed by atoms with van der Waals surface area (Å²) < 4.78 is 11.0. The molecule has 0 radical (unpaired) electrons. The molecule has 2 aromatic rings. The van der Waals surface area contributed by atoms with E-state index in [2.05, 4.69) is 16.4 Å². The van der Waals surface area contributed by atoms with Crippen molar-refractivity contribution in [2.24, 2.45) is 0 Å². The van der Waals surface area contributed by atoms with E-state index >= 15 is 0 Å². The lowest BCUT2D eigenvalue weighted by Crippen LogP contribution is -2.49. The molecule has 1 saturated heterocycles. The lowest BCUT2D eigenvalue weighted by atomic mass is 10.0. The maximum absolute atomic E-state index is 12.4. The number of fused-ring (bicyclic) bond motifs is 1. The number of amides is 1. The van der Waals surface area contributed by atoms with Crippen molar-refractivity contribution < 1.29 is 14.3 Å². The van der Waals surface area contributed by atoms with Gasteiger partial charge in [0.1, 0.15) is 5.60 Å². The summed E-state index contributed by atoms with van der Waals surface area (Å²) in [6, 6.07) is 9.97. The highest BCUT2D eigenvalue weighted by Gasteiger charge is 2.29. The highest BCUT2D eigenvalue weighted by molar-refractivity contribution is 5.80. The van der Waals surface area contributed by atoms with Crippen molar-refractivity contribution in [1.82, 2.24) is 15.2 Å². The van der Waals surface area contributed by atoms with E-state index in [4.69, 9.17) is 9.47 Å². The average Bonchev–Trinajstić information content (AvgIpc) is 2.59. The molecule has 6 heteroatoms. The van der Waals surface area contributed by atoms with Gasteiger partial charge in [0.05, 0.1) is 18.7 Å². The normalized spacial score (nSPS) is 18.2. The number of carbonyl (C=O) groups excluding carboxylic acids is 1. The van der Waals surface area contributed by atoms with Crippen LogP contribution in [0.2, 0.25) is 0 Å². The van der Waals surface area contributed by atoms with Crippen LogP contribution < -0.4 is 10.1 Å². The molecule has 1 aromatic carbocycles. The Morgan fingerprint density at radius 1 is 1.32 bits per heavy atom. The summed E-state index contributed by atoms with van der Waals surface area (Å²) in [6.45, 7) is 7.46. The van der Waals surface area contributed by atoms with Crippen LogP contribution in [-0.2, 0) is 4.74 Å². The Morgan fingerprint density at radius 2 is 2.08 bits per heavy atom. The van der Waals surface area contributed by atoms with Crippen LogP contribution in [0.4, 0.5) is 4.79 Å². The lowest BCUT2D eigenvalue weighted by Gasteiger charge is -2.35. The van der Waals surface area contributed by atoms with Gasteiger partial charge in [-0.25, -0.2) is 9.78 Å². The van der Waals surface area contributed by atoms with Crippen LogP contribution >= 0.6 is 0 Å². The molecule has 0 aliphatic carbocycles. The molecule has 25 heavy (non-hydrogen) atoms. The first-order valence-corrected chi connectivity index (χ1v) is 8.52. The monoisotopic (exact) mass is 343 g/mol. The molecule has 1 amide bonds. The number of piperazine rings is 1. The van der Waals surface area contributed by atoms with E-state index in [1.807, 2.05) is 45.0 Å². The van der Waals surface area contributed by atoms with Crippen LogP contribution in [0.5, 0.6) is 5.88 Å². The minimum absolute atomic E-state index is 0.0478. The molecule has 1 atom stereocenters. The summed E-state index contributed by atoms with van der Waals surface area (Å²) >= 11 is 0. The van der Waals surface area contributed by atoms with Crippen molar-refractivity contribution in [3.05, 3.63) is 35.9 Å². The zero-order valence-electron chi connectivity index (χ0n) is 15.2. The van der Waals surface area contributed by atoms with E-state index in [1.165, 1.54) is 0 Å². The second kappa shape index (κ2) is 6.88. The standard InChI is InChI=1S/C19H25N3O3/c1-19(2,3)25-18(23)22-10-9-20-16(12-22)14-11-13-7-5-6-8-15(13)21-17(14)24-4/h5-8,11,16,20H,9-10,12H2,1-4H3. The number of nitrogens with zero attached hydrogens (tertiary/aromatic N) is 2.